The third-order valence-corrected chi connectivity index (χ3v) is 4.00. The molecule has 18 heavy (non-hydrogen) atoms. The summed E-state index contributed by atoms with van der Waals surface area (Å²) < 4.78 is 5.19. The van der Waals surface area contributed by atoms with Crippen LogP contribution in [0.25, 0.3) is 0 Å². The van der Waals surface area contributed by atoms with Crippen LogP contribution in [0, 0.1) is 5.41 Å². The molecule has 0 aliphatic heterocycles. The minimum atomic E-state index is 0.543. The normalized spacial score (nSPS) is 18.6. The highest BCUT2D eigenvalue weighted by molar-refractivity contribution is 5.15. The fraction of sp³-hybridized carbons (Fsp3) is 0.625. The van der Waals surface area contributed by atoms with Crippen LogP contribution in [0.1, 0.15) is 31.7 Å². The van der Waals surface area contributed by atoms with Gasteiger partial charge in [-0.15, -0.1) is 0 Å². The number of nitrogens with one attached hydrogen (secondary N) is 1. The molecule has 0 bridgehead atoms. The second kappa shape index (κ2) is 6.35. The average Bonchev–Trinajstić information content (AvgIpc) is 3.16. The maximum Gasteiger partial charge on any atom is 0.0468 e. The van der Waals surface area contributed by atoms with Crippen molar-refractivity contribution in [3.63, 3.8) is 0 Å². The molecule has 1 fully saturated rings. The molecular formula is C16H25NO. The molecule has 100 valence electrons. The van der Waals surface area contributed by atoms with E-state index in [9.17, 15) is 0 Å². The lowest BCUT2D eigenvalue weighted by molar-refractivity contribution is 0.170. The van der Waals surface area contributed by atoms with E-state index in [1.165, 1.54) is 24.8 Å². The van der Waals surface area contributed by atoms with E-state index in [0.717, 1.165) is 19.6 Å². The van der Waals surface area contributed by atoms with Gasteiger partial charge < -0.3 is 10.1 Å². The summed E-state index contributed by atoms with van der Waals surface area (Å²) in [6.45, 7) is 4.32. The van der Waals surface area contributed by atoms with Gasteiger partial charge in [0.15, 0.2) is 0 Å². The van der Waals surface area contributed by atoms with Crippen LogP contribution >= 0.6 is 0 Å². The monoisotopic (exact) mass is 247 g/mol. The number of ether oxygens (including phenoxy) is 1. The van der Waals surface area contributed by atoms with Crippen LogP contribution in [0.2, 0.25) is 0 Å². The summed E-state index contributed by atoms with van der Waals surface area (Å²) in [5.41, 5.74) is 1.96. The lowest BCUT2D eigenvalue weighted by Crippen LogP contribution is -2.34. The zero-order valence-corrected chi connectivity index (χ0v) is 11.6. The maximum absolute atomic E-state index is 5.19. The quantitative estimate of drug-likeness (QED) is 0.762. The Morgan fingerprint density at radius 1 is 1.28 bits per heavy atom. The van der Waals surface area contributed by atoms with Crippen LogP contribution in [0.5, 0.6) is 0 Å². The lowest BCUT2D eigenvalue weighted by Gasteiger charge is -2.20. The van der Waals surface area contributed by atoms with Crippen molar-refractivity contribution < 1.29 is 4.74 Å². The van der Waals surface area contributed by atoms with Crippen molar-refractivity contribution in [2.24, 2.45) is 5.41 Å². The van der Waals surface area contributed by atoms with E-state index in [4.69, 9.17) is 4.74 Å². The highest BCUT2D eigenvalue weighted by atomic mass is 16.5. The first-order chi connectivity index (χ1) is 8.74. The molecule has 1 aliphatic carbocycles. The molecule has 0 amide bonds. The van der Waals surface area contributed by atoms with E-state index in [-0.39, 0.29) is 0 Å². The highest BCUT2D eigenvalue weighted by Crippen LogP contribution is 2.48. The number of rotatable bonds is 8. The summed E-state index contributed by atoms with van der Waals surface area (Å²) in [6.07, 6.45) is 5.04. The third-order valence-electron chi connectivity index (χ3n) is 4.00. The first-order valence-corrected chi connectivity index (χ1v) is 7.00. The SMILES string of the molecule is COCCC1(CNC(C)Cc2ccccc2)CC1. The van der Waals surface area contributed by atoms with E-state index in [1.54, 1.807) is 7.11 Å². The molecule has 0 radical (unpaired) electrons. The fourth-order valence-electron chi connectivity index (χ4n) is 2.44. The molecular weight excluding hydrogens is 222 g/mol. The van der Waals surface area contributed by atoms with Gasteiger partial charge in [-0.3, -0.25) is 0 Å². The van der Waals surface area contributed by atoms with Crippen LogP contribution in [-0.2, 0) is 11.2 Å². The van der Waals surface area contributed by atoms with Crippen LogP contribution in [0.4, 0.5) is 0 Å². The molecule has 1 aromatic carbocycles. The van der Waals surface area contributed by atoms with Gasteiger partial charge in [0.1, 0.15) is 0 Å². The standard InChI is InChI=1S/C16H25NO/c1-14(12-15-6-4-3-5-7-15)17-13-16(8-9-16)10-11-18-2/h3-7,14,17H,8-13H2,1-2H3. The molecule has 1 N–H and O–H groups in total. The van der Waals surface area contributed by atoms with Crippen molar-refractivity contribution in [3.05, 3.63) is 35.9 Å². The lowest BCUT2D eigenvalue weighted by atomic mass is 10.0. The molecule has 0 heterocycles. The fourth-order valence-corrected chi connectivity index (χ4v) is 2.44. The van der Waals surface area contributed by atoms with Gasteiger partial charge in [-0.05, 0) is 43.6 Å². The van der Waals surface area contributed by atoms with Crippen LogP contribution < -0.4 is 5.32 Å². The van der Waals surface area contributed by atoms with Gasteiger partial charge in [0.25, 0.3) is 0 Å². The number of benzene rings is 1. The second-order valence-corrected chi connectivity index (χ2v) is 5.71. The summed E-state index contributed by atoms with van der Waals surface area (Å²) in [5, 5.41) is 3.69. The van der Waals surface area contributed by atoms with Gasteiger partial charge in [0.2, 0.25) is 0 Å². The van der Waals surface area contributed by atoms with Gasteiger partial charge in [-0.2, -0.15) is 0 Å². The molecule has 0 aromatic heterocycles. The zero-order chi connectivity index (χ0) is 12.8. The molecule has 1 saturated carbocycles. The summed E-state index contributed by atoms with van der Waals surface area (Å²) in [7, 11) is 1.79. The Labute approximate surface area is 111 Å². The molecule has 2 nitrogen and oxygen atoms in total. The van der Waals surface area contributed by atoms with Crippen molar-refractivity contribution in [3.8, 4) is 0 Å². The highest BCUT2D eigenvalue weighted by Gasteiger charge is 2.41. The van der Waals surface area contributed by atoms with E-state index in [0.29, 0.717) is 11.5 Å². The molecule has 2 heteroatoms. The van der Waals surface area contributed by atoms with Gasteiger partial charge in [-0.1, -0.05) is 30.3 Å². The van der Waals surface area contributed by atoms with Crippen molar-refractivity contribution >= 4 is 0 Å². The Kier molecular flexibility index (Phi) is 4.79. The maximum atomic E-state index is 5.19. The summed E-state index contributed by atoms with van der Waals surface area (Å²) in [6, 6.07) is 11.3. The summed E-state index contributed by atoms with van der Waals surface area (Å²) >= 11 is 0. The summed E-state index contributed by atoms with van der Waals surface area (Å²) in [5.74, 6) is 0. The minimum Gasteiger partial charge on any atom is -0.385 e. The molecule has 0 spiro atoms. The first kappa shape index (κ1) is 13.6. The van der Waals surface area contributed by atoms with E-state index >= 15 is 0 Å². The van der Waals surface area contributed by atoms with Gasteiger partial charge in [-0.25, -0.2) is 0 Å². The Morgan fingerprint density at radius 3 is 2.61 bits per heavy atom. The molecule has 2 rings (SSSR count). The molecule has 1 unspecified atom stereocenters. The van der Waals surface area contributed by atoms with Crippen molar-refractivity contribution in [1.82, 2.24) is 5.32 Å². The predicted octanol–water partition coefficient (Wildman–Crippen LogP) is 3.02. The van der Waals surface area contributed by atoms with Gasteiger partial charge >= 0.3 is 0 Å². The van der Waals surface area contributed by atoms with Gasteiger partial charge in [0.05, 0.1) is 0 Å². The Bertz CT molecular complexity index is 345. The Balaban J connectivity index is 1.70. The average molecular weight is 247 g/mol. The van der Waals surface area contributed by atoms with E-state index in [2.05, 4.69) is 42.6 Å². The molecule has 1 atom stereocenters. The van der Waals surface area contributed by atoms with Crippen LogP contribution in [0.15, 0.2) is 30.3 Å². The number of hydrogen-bond acceptors (Lipinski definition) is 2. The predicted molar refractivity (Wildman–Crippen MR) is 75.8 cm³/mol. The van der Waals surface area contributed by atoms with Crippen molar-refractivity contribution in [2.75, 3.05) is 20.3 Å². The van der Waals surface area contributed by atoms with Crippen molar-refractivity contribution in [1.29, 1.82) is 0 Å². The topological polar surface area (TPSA) is 21.3 Å². The van der Waals surface area contributed by atoms with E-state index < -0.39 is 0 Å². The largest absolute Gasteiger partial charge is 0.385 e. The van der Waals surface area contributed by atoms with Crippen LogP contribution in [-0.4, -0.2) is 26.3 Å². The Hall–Kier alpha value is -0.860. The molecule has 1 aromatic rings. The smallest absolute Gasteiger partial charge is 0.0468 e. The zero-order valence-electron chi connectivity index (χ0n) is 11.6. The minimum absolute atomic E-state index is 0.543. The molecule has 1 aliphatic rings. The Morgan fingerprint density at radius 2 is 2.00 bits per heavy atom. The van der Waals surface area contributed by atoms with Crippen LogP contribution in [0.3, 0.4) is 0 Å². The van der Waals surface area contributed by atoms with Gasteiger partial charge in [0, 0.05) is 26.3 Å². The summed E-state index contributed by atoms with van der Waals surface area (Å²) in [4.78, 5) is 0. The third kappa shape index (κ3) is 4.11. The second-order valence-electron chi connectivity index (χ2n) is 5.71. The van der Waals surface area contributed by atoms with E-state index in [1.807, 2.05) is 0 Å². The number of methoxy groups -OCH3 is 1. The van der Waals surface area contributed by atoms with Crippen molar-refractivity contribution in [2.45, 2.75) is 38.6 Å². The number of hydrogen-bond donors (Lipinski definition) is 1. The first-order valence-electron chi connectivity index (χ1n) is 7.00. The molecule has 0 saturated heterocycles.